The van der Waals surface area contributed by atoms with Gasteiger partial charge in [0.15, 0.2) is 0 Å². The molecule has 0 amide bonds. The van der Waals surface area contributed by atoms with Gasteiger partial charge in [-0.1, -0.05) is 25.5 Å². The van der Waals surface area contributed by atoms with Gasteiger partial charge in [0.05, 0.1) is 5.60 Å². The van der Waals surface area contributed by atoms with E-state index >= 15 is 0 Å². The fourth-order valence-electron chi connectivity index (χ4n) is 1.49. The Morgan fingerprint density at radius 2 is 1.81 bits per heavy atom. The Kier molecular flexibility index (Phi) is 4.81. The van der Waals surface area contributed by atoms with Crippen molar-refractivity contribution >= 4 is 5.69 Å². The molecule has 0 aliphatic heterocycles. The Hall–Kier alpha value is -1.02. The number of aryl methyl sites for hydroxylation is 1. The molecule has 2 N–H and O–H groups in total. The molecule has 0 aliphatic rings. The summed E-state index contributed by atoms with van der Waals surface area (Å²) in [6.45, 7) is 6.38. The maximum Gasteiger partial charge on any atom is 0.0763 e. The normalized spacial score (nSPS) is 11.5. The van der Waals surface area contributed by atoms with Gasteiger partial charge in [0.25, 0.3) is 0 Å². The molecule has 0 unspecified atom stereocenters. The molecular weight excluding hydrogens is 198 g/mol. The molecule has 2 heteroatoms. The summed E-state index contributed by atoms with van der Waals surface area (Å²) in [6.07, 6.45) is 3.64. The Morgan fingerprint density at radius 3 is 2.31 bits per heavy atom. The topological polar surface area (TPSA) is 32.3 Å². The van der Waals surface area contributed by atoms with E-state index in [9.17, 15) is 5.11 Å². The van der Waals surface area contributed by atoms with E-state index in [0.29, 0.717) is 6.54 Å². The standard InChI is InChI=1S/C14H23NO/c1-4-5-6-12-7-9-13(10-8-12)15-11-14(2,3)16/h7-10,15-16H,4-6,11H2,1-3H3. The van der Waals surface area contributed by atoms with Crippen LogP contribution in [0.1, 0.15) is 39.2 Å². The van der Waals surface area contributed by atoms with E-state index in [1.54, 1.807) is 13.8 Å². The number of hydrogen-bond acceptors (Lipinski definition) is 2. The van der Waals surface area contributed by atoms with Gasteiger partial charge in [-0.2, -0.15) is 0 Å². The van der Waals surface area contributed by atoms with Crippen LogP contribution in [-0.2, 0) is 6.42 Å². The highest BCUT2D eigenvalue weighted by Gasteiger charge is 2.11. The van der Waals surface area contributed by atoms with Crippen molar-refractivity contribution in [2.75, 3.05) is 11.9 Å². The first-order chi connectivity index (χ1) is 7.51. The SMILES string of the molecule is CCCCc1ccc(NCC(C)(C)O)cc1. The minimum Gasteiger partial charge on any atom is -0.389 e. The van der Waals surface area contributed by atoms with Gasteiger partial charge in [0, 0.05) is 12.2 Å². The zero-order valence-electron chi connectivity index (χ0n) is 10.6. The Balaban J connectivity index is 2.45. The molecule has 0 saturated heterocycles. The monoisotopic (exact) mass is 221 g/mol. The molecule has 0 saturated carbocycles. The molecule has 0 radical (unpaired) electrons. The molecule has 0 aliphatic carbocycles. The lowest BCUT2D eigenvalue weighted by Gasteiger charge is -2.18. The molecule has 1 aromatic carbocycles. The average Bonchev–Trinajstić information content (AvgIpc) is 2.24. The van der Waals surface area contributed by atoms with Gasteiger partial charge in [-0.05, 0) is 44.4 Å². The smallest absolute Gasteiger partial charge is 0.0763 e. The quantitative estimate of drug-likeness (QED) is 0.773. The van der Waals surface area contributed by atoms with E-state index in [2.05, 4.69) is 36.5 Å². The number of aliphatic hydroxyl groups is 1. The molecule has 1 rings (SSSR count). The van der Waals surface area contributed by atoms with Gasteiger partial charge in [-0.15, -0.1) is 0 Å². The lowest BCUT2D eigenvalue weighted by Crippen LogP contribution is -2.29. The molecule has 0 heterocycles. The van der Waals surface area contributed by atoms with Crippen LogP contribution in [0.25, 0.3) is 0 Å². The fourth-order valence-corrected chi connectivity index (χ4v) is 1.49. The van der Waals surface area contributed by atoms with Crippen molar-refractivity contribution in [2.45, 2.75) is 45.6 Å². The summed E-state index contributed by atoms with van der Waals surface area (Å²) in [5.41, 5.74) is 1.79. The summed E-state index contributed by atoms with van der Waals surface area (Å²) in [4.78, 5) is 0. The number of unbranched alkanes of at least 4 members (excludes halogenated alkanes) is 1. The predicted octanol–water partition coefficient (Wildman–Crippen LogP) is 3.21. The van der Waals surface area contributed by atoms with E-state index in [0.717, 1.165) is 12.1 Å². The maximum atomic E-state index is 9.59. The van der Waals surface area contributed by atoms with E-state index < -0.39 is 5.60 Å². The summed E-state index contributed by atoms with van der Waals surface area (Å²) < 4.78 is 0. The molecule has 0 bridgehead atoms. The number of benzene rings is 1. The third-order valence-electron chi connectivity index (χ3n) is 2.50. The van der Waals surface area contributed by atoms with Crippen molar-refractivity contribution in [3.8, 4) is 0 Å². The second-order valence-electron chi connectivity index (χ2n) is 4.97. The van der Waals surface area contributed by atoms with Crippen molar-refractivity contribution in [2.24, 2.45) is 0 Å². The summed E-state index contributed by atoms with van der Waals surface area (Å²) in [6, 6.07) is 8.47. The first kappa shape index (κ1) is 13.0. The second kappa shape index (κ2) is 5.90. The summed E-state index contributed by atoms with van der Waals surface area (Å²) in [7, 11) is 0. The van der Waals surface area contributed by atoms with Gasteiger partial charge in [0.1, 0.15) is 0 Å². The first-order valence-electron chi connectivity index (χ1n) is 6.06. The zero-order valence-corrected chi connectivity index (χ0v) is 10.6. The highest BCUT2D eigenvalue weighted by Crippen LogP contribution is 2.13. The highest BCUT2D eigenvalue weighted by atomic mass is 16.3. The van der Waals surface area contributed by atoms with Crippen LogP contribution in [0.15, 0.2) is 24.3 Å². The van der Waals surface area contributed by atoms with E-state index in [1.165, 1.54) is 18.4 Å². The Labute approximate surface area is 98.7 Å². The summed E-state index contributed by atoms with van der Waals surface area (Å²) in [5.74, 6) is 0. The van der Waals surface area contributed by atoms with Crippen molar-refractivity contribution in [1.82, 2.24) is 0 Å². The van der Waals surface area contributed by atoms with Crippen LogP contribution in [-0.4, -0.2) is 17.3 Å². The molecule has 0 fully saturated rings. The van der Waals surface area contributed by atoms with Gasteiger partial charge in [-0.25, -0.2) is 0 Å². The van der Waals surface area contributed by atoms with Crippen molar-refractivity contribution in [3.05, 3.63) is 29.8 Å². The fraction of sp³-hybridized carbons (Fsp3) is 0.571. The lowest BCUT2D eigenvalue weighted by atomic mass is 10.1. The number of nitrogens with one attached hydrogen (secondary N) is 1. The predicted molar refractivity (Wildman–Crippen MR) is 69.8 cm³/mol. The van der Waals surface area contributed by atoms with Crippen LogP contribution >= 0.6 is 0 Å². The third-order valence-corrected chi connectivity index (χ3v) is 2.50. The van der Waals surface area contributed by atoms with Crippen LogP contribution in [0.3, 0.4) is 0 Å². The molecular formula is C14H23NO. The summed E-state index contributed by atoms with van der Waals surface area (Å²) in [5, 5.41) is 12.8. The van der Waals surface area contributed by atoms with Crippen LogP contribution in [0.5, 0.6) is 0 Å². The number of hydrogen-bond donors (Lipinski definition) is 2. The highest BCUT2D eigenvalue weighted by molar-refractivity contribution is 5.44. The number of anilines is 1. The lowest BCUT2D eigenvalue weighted by molar-refractivity contribution is 0.0945. The van der Waals surface area contributed by atoms with Crippen LogP contribution in [0, 0.1) is 0 Å². The van der Waals surface area contributed by atoms with Crippen molar-refractivity contribution < 1.29 is 5.11 Å². The summed E-state index contributed by atoms with van der Waals surface area (Å²) >= 11 is 0. The van der Waals surface area contributed by atoms with Crippen LogP contribution in [0.4, 0.5) is 5.69 Å². The molecule has 1 aromatic rings. The third kappa shape index (κ3) is 5.17. The second-order valence-corrected chi connectivity index (χ2v) is 4.97. The minimum atomic E-state index is -0.666. The largest absolute Gasteiger partial charge is 0.389 e. The Morgan fingerprint density at radius 1 is 1.19 bits per heavy atom. The van der Waals surface area contributed by atoms with E-state index in [4.69, 9.17) is 0 Å². The van der Waals surface area contributed by atoms with Gasteiger partial charge in [0.2, 0.25) is 0 Å². The van der Waals surface area contributed by atoms with Crippen molar-refractivity contribution in [3.63, 3.8) is 0 Å². The Bertz CT molecular complexity index is 298. The van der Waals surface area contributed by atoms with Gasteiger partial charge < -0.3 is 10.4 Å². The zero-order chi connectivity index (χ0) is 12.0. The molecule has 2 nitrogen and oxygen atoms in total. The van der Waals surface area contributed by atoms with E-state index in [-0.39, 0.29) is 0 Å². The maximum absolute atomic E-state index is 9.59. The molecule has 16 heavy (non-hydrogen) atoms. The number of rotatable bonds is 6. The van der Waals surface area contributed by atoms with Crippen LogP contribution in [0.2, 0.25) is 0 Å². The molecule has 90 valence electrons. The van der Waals surface area contributed by atoms with Gasteiger partial charge in [-0.3, -0.25) is 0 Å². The first-order valence-corrected chi connectivity index (χ1v) is 6.06. The molecule has 0 aromatic heterocycles. The van der Waals surface area contributed by atoms with Crippen LogP contribution < -0.4 is 5.32 Å². The van der Waals surface area contributed by atoms with Crippen molar-refractivity contribution in [1.29, 1.82) is 0 Å². The van der Waals surface area contributed by atoms with Gasteiger partial charge >= 0.3 is 0 Å². The molecule has 0 spiro atoms. The van der Waals surface area contributed by atoms with E-state index in [1.807, 2.05) is 0 Å². The minimum absolute atomic E-state index is 0.571. The molecule has 0 atom stereocenters. The average molecular weight is 221 g/mol.